The summed E-state index contributed by atoms with van der Waals surface area (Å²) in [7, 11) is 1.65. The monoisotopic (exact) mass is 442 g/mol. The largest absolute Gasteiger partial charge is 0.497 e. The van der Waals surface area contributed by atoms with Crippen molar-refractivity contribution in [3.05, 3.63) is 86.8 Å². The lowest BCUT2D eigenvalue weighted by Crippen LogP contribution is -2.19. The third-order valence-corrected chi connectivity index (χ3v) is 6.97. The first-order chi connectivity index (χ1) is 14.9. The fourth-order valence-corrected chi connectivity index (χ4v) is 5.02. The molecule has 1 N–H and O–H groups in total. The van der Waals surface area contributed by atoms with Gasteiger partial charge in [-0.25, -0.2) is 13.8 Å². The number of ether oxygens (including phenoxy) is 1. The molecule has 1 aliphatic carbocycles. The minimum absolute atomic E-state index is 0.0681. The molecule has 1 heterocycles. The quantitative estimate of drug-likeness (QED) is 0.393. The van der Waals surface area contributed by atoms with Gasteiger partial charge >= 0.3 is 0 Å². The summed E-state index contributed by atoms with van der Waals surface area (Å²) in [5.41, 5.74) is 1.71. The second-order valence-corrected chi connectivity index (χ2v) is 8.93. The average molecular weight is 443 g/mol. The molecule has 1 saturated carbocycles. The zero-order valence-electron chi connectivity index (χ0n) is 17.6. The van der Waals surface area contributed by atoms with E-state index < -0.39 is 17.6 Å². The van der Waals surface area contributed by atoms with Crippen LogP contribution in [0.25, 0.3) is 0 Å². The van der Waals surface area contributed by atoms with Crippen LogP contribution in [0.3, 0.4) is 0 Å². The highest BCUT2D eigenvalue weighted by atomic mass is 32.2. The van der Waals surface area contributed by atoms with Crippen LogP contribution in [-0.2, 0) is 0 Å². The molecule has 1 aliphatic rings. The number of H-pyrrole nitrogens is 1. The Bertz CT molecular complexity index is 1130. The minimum atomic E-state index is -0.671. The zero-order chi connectivity index (χ0) is 22.1. The highest BCUT2D eigenvalue weighted by molar-refractivity contribution is 7.99. The summed E-state index contributed by atoms with van der Waals surface area (Å²) < 4.78 is 33.7. The number of methoxy groups -OCH3 is 1. The molecular formula is C24H24F2N2O2S. The Morgan fingerprint density at radius 3 is 2.52 bits per heavy atom. The zero-order valence-corrected chi connectivity index (χ0v) is 18.4. The first kappa shape index (κ1) is 21.6. The average Bonchev–Trinajstić information content (AvgIpc) is 3.54. The van der Waals surface area contributed by atoms with E-state index in [2.05, 4.69) is 22.1 Å². The molecule has 0 amide bonds. The van der Waals surface area contributed by atoms with E-state index >= 15 is 0 Å². The molecule has 2 aromatic carbocycles. The second kappa shape index (κ2) is 8.83. The number of halogens is 2. The minimum Gasteiger partial charge on any atom is -0.497 e. The lowest BCUT2D eigenvalue weighted by Gasteiger charge is -2.16. The number of aromatic nitrogens is 2. The number of rotatable bonds is 7. The van der Waals surface area contributed by atoms with Crippen molar-refractivity contribution in [1.82, 2.24) is 9.97 Å². The van der Waals surface area contributed by atoms with Crippen molar-refractivity contribution < 1.29 is 13.5 Å². The van der Waals surface area contributed by atoms with Crippen LogP contribution < -0.4 is 10.3 Å². The molecule has 4 rings (SSSR count). The van der Waals surface area contributed by atoms with Crippen molar-refractivity contribution in [3.8, 4) is 5.75 Å². The third-order valence-electron chi connectivity index (χ3n) is 5.91. The van der Waals surface area contributed by atoms with Gasteiger partial charge in [0.25, 0.3) is 5.56 Å². The van der Waals surface area contributed by atoms with Gasteiger partial charge in [-0.3, -0.25) is 4.79 Å². The van der Waals surface area contributed by atoms with Gasteiger partial charge in [-0.05, 0) is 55.0 Å². The van der Waals surface area contributed by atoms with E-state index in [1.165, 1.54) is 35.5 Å². The van der Waals surface area contributed by atoms with E-state index in [0.717, 1.165) is 17.9 Å². The number of hydrogen-bond donors (Lipinski definition) is 1. The lowest BCUT2D eigenvalue weighted by molar-refractivity contribution is 0.414. The van der Waals surface area contributed by atoms with Gasteiger partial charge in [0.1, 0.15) is 17.4 Å². The van der Waals surface area contributed by atoms with Gasteiger partial charge in [-0.2, -0.15) is 0 Å². The van der Waals surface area contributed by atoms with E-state index in [-0.39, 0.29) is 11.1 Å². The highest BCUT2D eigenvalue weighted by Crippen LogP contribution is 2.49. The Kier molecular flexibility index (Phi) is 6.14. The number of benzene rings is 2. The van der Waals surface area contributed by atoms with E-state index in [4.69, 9.17) is 4.74 Å². The van der Waals surface area contributed by atoms with Crippen molar-refractivity contribution in [2.75, 3.05) is 12.9 Å². The SMILES string of the molecule is COc1ccc([C@@H]2C[C@H]2CSc2nc([C@@H](C)c3c(F)cccc3F)c(C)c(=O)[nH]2)cc1. The number of hydrogen-bond acceptors (Lipinski definition) is 4. The number of nitrogens with one attached hydrogen (secondary N) is 1. The van der Waals surface area contributed by atoms with Gasteiger partial charge in [0, 0.05) is 22.8 Å². The first-order valence-corrected chi connectivity index (χ1v) is 11.2. The predicted octanol–water partition coefficient (Wildman–Crippen LogP) is 5.41. The maximum atomic E-state index is 14.3. The predicted molar refractivity (Wildman–Crippen MR) is 118 cm³/mol. The fourth-order valence-electron chi connectivity index (χ4n) is 3.96. The number of thioether (sulfide) groups is 1. The molecule has 7 heteroatoms. The van der Waals surface area contributed by atoms with Crippen LogP contribution in [0.4, 0.5) is 8.78 Å². The van der Waals surface area contributed by atoms with Crippen molar-refractivity contribution in [2.24, 2.45) is 5.92 Å². The van der Waals surface area contributed by atoms with Crippen molar-refractivity contribution in [2.45, 2.75) is 37.3 Å². The maximum Gasteiger partial charge on any atom is 0.254 e. The molecule has 3 atom stereocenters. The standard InChI is InChI=1S/C24H24F2N2O2S/c1-13(21-19(25)5-4-6-20(21)26)22-14(2)23(29)28-24(27-22)31-12-16-11-18(16)15-7-9-17(30-3)10-8-15/h4-10,13,16,18H,11-12H2,1-3H3,(H,27,28,29)/t13-,16-,18-/m0/s1. The molecule has 1 aromatic heterocycles. The molecule has 0 aliphatic heterocycles. The lowest BCUT2D eigenvalue weighted by atomic mass is 9.94. The van der Waals surface area contributed by atoms with Crippen LogP contribution >= 0.6 is 11.8 Å². The van der Waals surface area contributed by atoms with Gasteiger partial charge in [0.2, 0.25) is 0 Å². The van der Waals surface area contributed by atoms with Gasteiger partial charge in [0.15, 0.2) is 5.16 Å². The fraction of sp³-hybridized carbons (Fsp3) is 0.333. The summed E-state index contributed by atoms with van der Waals surface area (Å²) in [5.74, 6) is 0.689. The molecule has 0 radical (unpaired) electrons. The van der Waals surface area contributed by atoms with Crippen LogP contribution in [0.5, 0.6) is 5.75 Å². The summed E-state index contributed by atoms with van der Waals surface area (Å²) >= 11 is 1.48. The molecule has 1 fully saturated rings. The summed E-state index contributed by atoms with van der Waals surface area (Å²) in [5, 5.41) is 0.481. The summed E-state index contributed by atoms with van der Waals surface area (Å²) in [6.45, 7) is 3.30. The van der Waals surface area contributed by atoms with E-state index in [9.17, 15) is 13.6 Å². The molecule has 3 aromatic rings. The molecule has 0 unspecified atom stereocenters. The summed E-state index contributed by atoms with van der Waals surface area (Å²) in [6.07, 6.45) is 1.08. The Labute approximate surface area is 184 Å². The molecule has 0 saturated heterocycles. The van der Waals surface area contributed by atoms with E-state index in [0.29, 0.717) is 28.2 Å². The number of aromatic amines is 1. The summed E-state index contributed by atoms with van der Waals surface area (Å²) in [6, 6.07) is 11.9. The molecule has 0 spiro atoms. The van der Waals surface area contributed by atoms with Gasteiger partial charge < -0.3 is 9.72 Å². The molecule has 4 nitrogen and oxygen atoms in total. The Morgan fingerprint density at radius 2 is 1.87 bits per heavy atom. The van der Waals surface area contributed by atoms with Crippen LogP contribution in [-0.4, -0.2) is 22.8 Å². The van der Waals surface area contributed by atoms with Crippen LogP contribution in [0.2, 0.25) is 0 Å². The smallest absolute Gasteiger partial charge is 0.254 e. The third kappa shape index (κ3) is 4.51. The Balaban J connectivity index is 1.49. The van der Waals surface area contributed by atoms with Crippen LogP contribution in [0, 0.1) is 24.5 Å². The van der Waals surface area contributed by atoms with Gasteiger partial charge in [-0.15, -0.1) is 0 Å². The first-order valence-electron chi connectivity index (χ1n) is 10.2. The topological polar surface area (TPSA) is 55.0 Å². The normalized spacial score (nSPS) is 18.6. The molecule has 0 bridgehead atoms. The van der Waals surface area contributed by atoms with Gasteiger partial charge in [0.05, 0.1) is 12.8 Å². The van der Waals surface area contributed by atoms with E-state index in [1.54, 1.807) is 21.0 Å². The van der Waals surface area contributed by atoms with E-state index in [1.807, 2.05) is 12.1 Å². The van der Waals surface area contributed by atoms with Crippen LogP contribution in [0.1, 0.15) is 47.6 Å². The van der Waals surface area contributed by atoms with Crippen molar-refractivity contribution in [1.29, 1.82) is 0 Å². The Hall–Kier alpha value is -2.67. The van der Waals surface area contributed by atoms with Crippen molar-refractivity contribution in [3.63, 3.8) is 0 Å². The highest BCUT2D eigenvalue weighted by Gasteiger charge is 2.38. The summed E-state index contributed by atoms with van der Waals surface area (Å²) in [4.78, 5) is 19.8. The molecular weight excluding hydrogens is 418 g/mol. The van der Waals surface area contributed by atoms with Crippen molar-refractivity contribution >= 4 is 11.8 Å². The molecule has 31 heavy (non-hydrogen) atoms. The maximum absolute atomic E-state index is 14.3. The van der Waals surface area contributed by atoms with Gasteiger partial charge in [-0.1, -0.05) is 36.9 Å². The Morgan fingerprint density at radius 1 is 1.19 bits per heavy atom. The number of nitrogens with zero attached hydrogens (tertiary/aromatic N) is 1. The second-order valence-electron chi connectivity index (χ2n) is 7.92. The van der Waals surface area contributed by atoms with Crippen LogP contribution in [0.15, 0.2) is 52.4 Å². The molecule has 162 valence electrons.